The van der Waals surface area contributed by atoms with Gasteiger partial charge in [-0.3, -0.25) is 0 Å². The quantitative estimate of drug-likeness (QED) is 0.435. The molecule has 0 spiro atoms. The third-order valence-corrected chi connectivity index (χ3v) is 0.709. The fraction of sp³-hybridized carbons (Fsp3) is 0.167. The van der Waals surface area contributed by atoms with Gasteiger partial charge >= 0.3 is 5.97 Å². The molecule has 10 heavy (non-hydrogen) atoms. The Morgan fingerprint density at radius 3 is 2.70 bits per heavy atom. The average molecular weight is 144 g/mol. The summed E-state index contributed by atoms with van der Waals surface area (Å²) < 4.78 is 4.17. The van der Waals surface area contributed by atoms with E-state index in [1.807, 2.05) is 0 Å². The van der Waals surface area contributed by atoms with Gasteiger partial charge in [0, 0.05) is 0 Å². The Labute approximate surface area is 58.0 Å². The summed E-state index contributed by atoms with van der Waals surface area (Å²) in [6.45, 7) is 3.10. The van der Waals surface area contributed by atoms with Crippen LogP contribution in [-0.2, 0) is 9.53 Å². The fourth-order valence-corrected chi connectivity index (χ4v) is 0.312. The number of esters is 1. The van der Waals surface area contributed by atoms with Crippen molar-refractivity contribution in [3.05, 3.63) is 25.2 Å². The molecular weight excluding hydrogens is 136 g/mol. The Bertz CT molecular complexity index is 150. The van der Waals surface area contributed by atoms with Crippen LogP contribution in [0.1, 0.15) is 0 Å². The van der Waals surface area contributed by atoms with E-state index in [0.29, 0.717) is 6.26 Å². The number of aliphatic hydroxyl groups excluding tert-OH is 2. The Morgan fingerprint density at radius 1 is 1.70 bits per heavy atom. The van der Waals surface area contributed by atoms with E-state index in [9.17, 15) is 4.79 Å². The molecule has 0 aromatic carbocycles. The first-order valence-electron chi connectivity index (χ1n) is 2.52. The van der Waals surface area contributed by atoms with Crippen LogP contribution in [0.15, 0.2) is 25.2 Å². The van der Waals surface area contributed by atoms with Gasteiger partial charge in [0.05, 0.1) is 12.5 Å². The molecule has 4 heteroatoms. The van der Waals surface area contributed by atoms with Crippen LogP contribution in [0.3, 0.4) is 0 Å². The van der Waals surface area contributed by atoms with Crippen molar-refractivity contribution in [3.8, 4) is 0 Å². The highest BCUT2D eigenvalue weighted by molar-refractivity contribution is 5.76. The zero-order valence-electron chi connectivity index (χ0n) is 5.23. The number of rotatable bonds is 3. The molecule has 56 valence electrons. The van der Waals surface area contributed by atoms with E-state index < -0.39 is 12.1 Å². The Balaban J connectivity index is 3.81. The first kappa shape index (κ1) is 8.71. The maximum atomic E-state index is 10.4. The van der Waals surface area contributed by atoms with Gasteiger partial charge in [-0.05, 0) is 6.08 Å². The molecule has 0 aromatic heterocycles. The second kappa shape index (κ2) is 4.58. The van der Waals surface area contributed by atoms with Crippen LogP contribution in [0, 0.1) is 0 Å². The molecule has 2 N–H and O–H groups in total. The smallest absolute Gasteiger partial charge is 0.343 e. The van der Waals surface area contributed by atoms with E-state index in [1.165, 1.54) is 0 Å². The van der Waals surface area contributed by atoms with Crippen molar-refractivity contribution in [2.45, 2.75) is 6.10 Å². The number of aliphatic hydroxyl groups is 2. The molecule has 0 aliphatic rings. The second-order valence-electron chi connectivity index (χ2n) is 1.39. The number of hydrogen-bond donors (Lipinski definition) is 2. The van der Waals surface area contributed by atoms with Gasteiger partial charge in [-0.25, -0.2) is 4.79 Å². The summed E-state index contributed by atoms with van der Waals surface area (Å²) >= 11 is 0. The van der Waals surface area contributed by atoms with Crippen molar-refractivity contribution in [2.75, 3.05) is 0 Å². The Hall–Kier alpha value is -1.29. The van der Waals surface area contributed by atoms with Crippen molar-refractivity contribution in [1.82, 2.24) is 0 Å². The summed E-state index contributed by atoms with van der Waals surface area (Å²) in [4.78, 5) is 10.4. The van der Waals surface area contributed by atoms with Gasteiger partial charge in [-0.15, -0.1) is 0 Å². The Kier molecular flexibility index (Phi) is 3.99. The molecule has 1 atom stereocenters. The van der Waals surface area contributed by atoms with Crippen LogP contribution in [0.4, 0.5) is 0 Å². The predicted octanol–water partition coefficient (Wildman–Crippen LogP) is 0.106. The van der Waals surface area contributed by atoms with Crippen LogP contribution in [0.2, 0.25) is 0 Å². The third-order valence-electron chi connectivity index (χ3n) is 0.709. The summed E-state index contributed by atoms with van der Waals surface area (Å²) in [6, 6.07) is 0. The zero-order valence-corrected chi connectivity index (χ0v) is 5.23. The lowest BCUT2D eigenvalue weighted by molar-refractivity contribution is -0.145. The van der Waals surface area contributed by atoms with Gasteiger partial charge in [0.25, 0.3) is 0 Å². The molecule has 0 saturated heterocycles. The Morgan fingerprint density at radius 2 is 2.30 bits per heavy atom. The predicted molar refractivity (Wildman–Crippen MR) is 34.1 cm³/mol. The van der Waals surface area contributed by atoms with E-state index in [1.54, 1.807) is 0 Å². The standard InChI is InChI=1S/C6H8O4/c1-2-10-6(9)5(8)3-4-7/h2-5,7-8H,1H2. The maximum absolute atomic E-state index is 10.4. The molecule has 0 aromatic rings. The molecular formula is C6H8O4. The zero-order chi connectivity index (χ0) is 7.98. The van der Waals surface area contributed by atoms with Crippen molar-refractivity contribution in [2.24, 2.45) is 0 Å². The third kappa shape index (κ3) is 2.88. The summed E-state index contributed by atoms with van der Waals surface area (Å²) in [5.74, 6) is -0.875. The minimum absolute atomic E-state index is 0.564. The summed E-state index contributed by atoms with van der Waals surface area (Å²) in [6.07, 6.45) is 0.917. The van der Waals surface area contributed by atoms with Crippen LogP contribution < -0.4 is 0 Å². The van der Waals surface area contributed by atoms with E-state index in [4.69, 9.17) is 10.2 Å². The monoisotopic (exact) mass is 144 g/mol. The average Bonchev–Trinajstić information content (AvgIpc) is 1.89. The van der Waals surface area contributed by atoms with Crippen molar-refractivity contribution in [1.29, 1.82) is 0 Å². The van der Waals surface area contributed by atoms with Gasteiger partial charge in [0.2, 0.25) is 0 Å². The van der Waals surface area contributed by atoms with E-state index in [2.05, 4.69) is 11.3 Å². The van der Waals surface area contributed by atoms with Gasteiger partial charge < -0.3 is 14.9 Å². The van der Waals surface area contributed by atoms with Crippen molar-refractivity contribution >= 4 is 5.97 Å². The number of carbonyl (C=O) groups is 1. The molecule has 0 bridgehead atoms. The molecule has 0 amide bonds. The molecule has 0 heterocycles. The van der Waals surface area contributed by atoms with Gasteiger partial charge in [-0.2, -0.15) is 0 Å². The fourth-order valence-electron chi connectivity index (χ4n) is 0.312. The molecule has 0 radical (unpaired) electrons. The van der Waals surface area contributed by atoms with E-state index in [0.717, 1.165) is 12.3 Å². The lowest BCUT2D eigenvalue weighted by Crippen LogP contribution is -2.18. The van der Waals surface area contributed by atoms with E-state index >= 15 is 0 Å². The minimum atomic E-state index is -1.43. The van der Waals surface area contributed by atoms with Crippen LogP contribution >= 0.6 is 0 Å². The molecule has 0 saturated carbocycles. The SMILES string of the molecule is C=COC(=O)C(O)C=CO. The molecule has 0 rings (SSSR count). The molecule has 0 aliphatic carbocycles. The first-order chi connectivity index (χ1) is 4.72. The number of carbonyl (C=O) groups excluding carboxylic acids is 1. The summed E-state index contributed by atoms with van der Waals surface area (Å²) in [7, 11) is 0. The molecule has 4 nitrogen and oxygen atoms in total. The van der Waals surface area contributed by atoms with Crippen LogP contribution in [0.25, 0.3) is 0 Å². The molecule has 0 fully saturated rings. The summed E-state index contributed by atoms with van der Waals surface area (Å²) in [5.41, 5.74) is 0. The highest BCUT2D eigenvalue weighted by Crippen LogP contribution is 1.89. The number of hydrogen-bond acceptors (Lipinski definition) is 4. The van der Waals surface area contributed by atoms with Crippen LogP contribution in [0.5, 0.6) is 0 Å². The second-order valence-corrected chi connectivity index (χ2v) is 1.39. The lowest BCUT2D eigenvalue weighted by Gasteiger charge is -1.99. The molecule has 0 aliphatic heterocycles. The summed E-state index contributed by atoms with van der Waals surface area (Å²) in [5, 5.41) is 16.8. The van der Waals surface area contributed by atoms with Gasteiger partial charge in [-0.1, -0.05) is 6.58 Å². The maximum Gasteiger partial charge on any atom is 0.343 e. The highest BCUT2D eigenvalue weighted by atomic mass is 16.5. The van der Waals surface area contributed by atoms with Crippen LogP contribution in [-0.4, -0.2) is 22.3 Å². The minimum Gasteiger partial charge on any atom is -0.516 e. The van der Waals surface area contributed by atoms with Crippen molar-refractivity contribution < 1.29 is 19.7 Å². The normalized spacial score (nSPS) is 12.9. The van der Waals surface area contributed by atoms with Gasteiger partial charge in [0.1, 0.15) is 0 Å². The largest absolute Gasteiger partial charge is 0.516 e. The first-order valence-corrected chi connectivity index (χ1v) is 2.52. The highest BCUT2D eigenvalue weighted by Gasteiger charge is 2.10. The molecule has 1 unspecified atom stereocenters. The topological polar surface area (TPSA) is 66.8 Å². The van der Waals surface area contributed by atoms with Gasteiger partial charge in [0.15, 0.2) is 6.10 Å². The lowest BCUT2D eigenvalue weighted by atomic mass is 10.4. The number of ether oxygens (including phenoxy) is 1. The van der Waals surface area contributed by atoms with E-state index in [-0.39, 0.29) is 0 Å². The van der Waals surface area contributed by atoms with Crippen molar-refractivity contribution in [3.63, 3.8) is 0 Å².